The molecule has 3 heteroatoms. The van der Waals surface area contributed by atoms with Gasteiger partial charge in [0.2, 0.25) is 0 Å². The quantitative estimate of drug-likeness (QED) is 0.547. The third-order valence-corrected chi connectivity index (χ3v) is 3.59. The number of carboxylic acids is 1. The molecule has 0 spiro atoms. The lowest BCUT2D eigenvalue weighted by atomic mass is 10.1. The summed E-state index contributed by atoms with van der Waals surface area (Å²) >= 11 is 0. The summed E-state index contributed by atoms with van der Waals surface area (Å²) < 4.78 is 0. The fourth-order valence-corrected chi connectivity index (χ4v) is 1.78. The van der Waals surface area contributed by atoms with Gasteiger partial charge in [-0.25, -0.2) is 0 Å². The van der Waals surface area contributed by atoms with Crippen LogP contribution >= 0.6 is 0 Å². The van der Waals surface area contributed by atoms with Gasteiger partial charge >= 0.3 is 5.97 Å². The number of hydrogen-bond donors (Lipinski definition) is 1. The summed E-state index contributed by atoms with van der Waals surface area (Å²) in [5.74, 6) is -0.782. The summed E-state index contributed by atoms with van der Waals surface area (Å²) in [6, 6.07) is -0.380. The molecule has 0 aromatic carbocycles. The van der Waals surface area contributed by atoms with Gasteiger partial charge in [0, 0.05) is 0 Å². The molecule has 0 saturated carbocycles. The van der Waals surface area contributed by atoms with Crippen LogP contribution in [-0.2, 0) is 4.79 Å². The first-order chi connectivity index (χ1) is 9.47. The molecule has 0 aromatic heterocycles. The minimum Gasteiger partial charge on any atom is -0.480 e. The third-order valence-electron chi connectivity index (χ3n) is 3.59. The Hall–Kier alpha value is -0.570. The highest BCUT2D eigenvalue weighted by Crippen LogP contribution is 2.09. The second-order valence-electron chi connectivity index (χ2n) is 5.81. The Labute approximate surface area is 126 Å². The van der Waals surface area contributed by atoms with E-state index in [9.17, 15) is 4.79 Å². The zero-order valence-corrected chi connectivity index (χ0v) is 14.5. The van der Waals surface area contributed by atoms with Crippen molar-refractivity contribution in [3.63, 3.8) is 0 Å². The molecule has 0 fully saturated rings. The zero-order chi connectivity index (χ0) is 15.8. The molecule has 0 rings (SSSR count). The molecule has 0 aliphatic carbocycles. The van der Waals surface area contributed by atoms with Crippen molar-refractivity contribution in [1.29, 1.82) is 0 Å². The Balaban J connectivity index is 0. The summed E-state index contributed by atoms with van der Waals surface area (Å²) in [6.07, 6.45) is 14.4. The Kier molecular flexibility index (Phi) is 17.9. The minimum absolute atomic E-state index is 0.380. The number of carbonyl (C=O) groups is 1. The highest BCUT2D eigenvalue weighted by Gasteiger charge is 2.11. The normalized spacial score (nSPS) is 11.9. The molecule has 0 aromatic rings. The lowest BCUT2D eigenvalue weighted by molar-refractivity contribution is -0.141. The van der Waals surface area contributed by atoms with Gasteiger partial charge in [-0.2, -0.15) is 0 Å². The van der Waals surface area contributed by atoms with Crippen LogP contribution < -0.4 is 0 Å². The fourth-order valence-electron chi connectivity index (χ4n) is 1.78. The van der Waals surface area contributed by atoms with Crippen LogP contribution in [0.15, 0.2) is 0 Å². The largest absolute Gasteiger partial charge is 0.480 e. The van der Waals surface area contributed by atoms with Gasteiger partial charge in [0.25, 0.3) is 0 Å². The van der Waals surface area contributed by atoms with E-state index in [2.05, 4.69) is 13.8 Å². The van der Waals surface area contributed by atoms with Crippen molar-refractivity contribution >= 4 is 5.97 Å². The number of nitrogens with zero attached hydrogens (tertiary/aromatic N) is 1. The highest BCUT2D eigenvalue weighted by atomic mass is 16.4. The van der Waals surface area contributed by atoms with E-state index >= 15 is 0 Å². The Morgan fingerprint density at radius 2 is 1.15 bits per heavy atom. The van der Waals surface area contributed by atoms with E-state index in [1.807, 2.05) is 0 Å². The van der Waals surface area contributed by atoms with Crippen LogP contribution in [0.1, 0.15) is 85.0 Å². The molecule has 0 amide bonds. The van der Waals surface area contributed by atoms with E-state index in [4.69, 9.17) is 5.11 Å². The number of likely N-dealkylation sites (N-methyl/N-ethyl adjacent to an activating group) is 1. The summed E-state index contributed by atoms with van der Waals surface area (Å²) in [5.41, 5.74) is 0. The van der Waals surface area contributed by atoms with E-state index in [0.717, 1.165) is 0 Å². The maximum absolute atomic E-state index is 10.1. The lowest BCUT2D eigenvalue weighted by Gasteiger charge is -2.13. The number of unbranched alkanes of at least 4 members (excludes halogenated alkanes) is 9. The number of rotatable bonds is 11. The average Bonchev–Trinajstić information content (AvgIpc) is 2.41. The Morgan fingerprint density at radius 1 is 0.850 bits per heavy atom. The van der Waals surface area contributed by atoms with Gasteiger partial charge in [-0.15, -0.1) is 0 Å². The molecule has 0 aliphatic heterocycles. The van der Waals surface area contributed by atoms with Crippen LogP contribution in [0.2, 0.25) is 0 Å². The van der Waals surface area contributed by atoms with E-state index in [1.54, 1.807) is 25.9 Å². The number of hydrogen-bond acceptors (Lipinski definition) is 2. The molecule has 1 atom stereocenters. The molecule has 0 heterocycles. The van der Waals surface area contributed by atoms with Crippen molar-refractivity contribution in [2.24, 2.45) is 0 Å². The molecule has 122 valence electrons. The van der Waals surface area contributed by atoms with Gasteiger partial charge in [-0.3, -0.25) is 9.69 Å². The van der Waals surface area contributed by atoms with Crippen molar-refractivity contribution in [2.45, 2.75) is 91.0 Å². The average molecular weight is 287 g/mol. The standard InChI is InChI=1S/C12H26.C5H11NO2/c1-3-5-7-9-11-12-10-8-6-4-2;1-4(5(7)8)6(2)3/h3-12H2,1-2H3;4H,1-3H3,(H,7,8). The Bertz CT molecular complexity index is 195. The smallest absolute Gasteiger partial charge is 0.320 e. The second-order valence-corrected chi connectivity index (χ2v) is 5.81. The van der Waals surface area contributed by atoms with Crippen LogP contribution in [0, 0.1) is 0 Å². The van der Waals surface area contributed by atoms with E-state index < -0.39 is 5.97 Å². The Morgan fingerprint density at radius 3 is 1.30 bits per heavy atom. The van der Waals surface area contributed by atoms with Gasteiger partial charge in [-0.05, 0) is 21.0 Å². The maximum atomic E-state index is 10.1. The summed E-state index contributed by atoms with van der Waals surface area (Å²) in [7, 11) is 3.47. The highest BCUT2D eigenvalue weighted by molar-refractivity contribution is 5.72. The minimum atomic E-state index is -0.782. The van der Waals surface area contributed by atoms with Crippen LogP contribution in [-0.4, -0.2) is 36.1 Å². The first-order valence-corrected chi connectivity index (χ1v) is 8.36. The van der Waals surface area contributed by atoms with Crippen molar-refractivity contribution < 1.29 is 9.90 Å². The molecule has 20 heavy (non-hydrogen) atoms. The van der Waals surface area contributed by atoms with Gasteiger partial charge in [0.05, 0.1) is 0 Å². The zero-order valence-electron chi connectivity index (χ0n) is 14.5. The first-order valence-electron chi connectivity index (χ1n) is 8.36. The van der Waals surface area contributed by atoms with E-state index in [-0.39, 0.29) is 6.04 Å². The second kappa shape index (κ2) is 16.5. The third kappa shape index (κ3) is 17.4. The van der Waals surface area contributed by atoms with Gasteiger partial charge in [0.15, 0.2) is 0 Å². The van der Waals surface area contributed by atoms with Gasteiger partial charge in [-0.1, -0.05) is 78.1 Å². The van der Waals surface area contributed by atoms with E-state index in [1.165, 1.54) is 64.2 Å². The van der Waals surface area contributed by atoms with Crippen molar-refractivity contribution in [1.82, 2.24) is 4.90 Å². The summed E-state index contributed by atoms with van der Waals surface area (Å²) in [5, 5.41) is 8.31. The lowest BCUT2D eigenvalue weighted by Crippen LogP contribution is -2.32. The maximum Gasteiger partial charge on any atom is 0.320 e. The predicted octanol–water partition coefficient (Wildman–Crippen LogP) is 4.95. The molecule has 0 radical (unpaired) electrons. The van der Waals surface area contributed by atoms with Crippen LogP contribution in [0.5, 0.6) is 0 Å². The van der Waals surface area contributed by atoms with Crippen molar-refractivity contribution in [3.05, 3.63) is 0 Å². The summed E-state index contributed by atoms with van der Waals surface area (Å²) in [4.78, 5) is 11.7. The van der Waals surface area contributed by atoms with Crippen LogP contribution in [0.3, 0.4) is 0 Å². The molecular weight excluding hydrogens is 250 g/mol. The van der Waals surface area contributed by atoms with E-state index in [0.29, 0.717) is 0 Å². The molecule has 3 nitrogen and oxygen atoms in total. The van der Waals surface area contributed by atoms with Crippen LogP contribution in [0.4, 0.5) is 0 Å². The summed E-state index contributed by atoms with van der Waals surface area (Å²) in [6.45, 7) is 6.20. The van der Waals surface area contributed by atoms with Gasteiger partial charge in [0.1, 0.15) is 6.04 Å². The molecular formula is C17H37NO2. The molecule has 0 bridgehead atoms. The predicted molar refractivity (Wildman–Crippen MR) is 88.3 cm³/mol. The monoisotopic (exact) mass is 287 g/mol. The number of carboxylic acid groups (broad SMARTS) is 1. The van der Waals surface area contributed by atoms with Gasteiger partial charge < -0.3 is 5.11 Å². The first kappa shape index (κ1) is 21.7. The molecule has 1 N–H and O–H groups in total. The molecule has 0 aliphatic rings. The SMILES string of the molecule is CC(C(=O)O)N(C)C.CCCCCCCCCCCC. The van der Waals surface area contributed by atoms with Crippen molar-refractivity contribution in [3.8, 4) is 0 Å². The molecule has 0 saturated heterocycles. The topological polar surface area (TPSA) is 40.5 Å². The molecule has 1 unspecified atom stereocenters. The number of aliphatic carboxylic acids is 1. The fraction of sp³-hybridized carbons (Fsp3) is 0.941. The van der Waals surface area contributed by atoms with Crippen molar-refractivity contribution in [2.75, 3.05) is 14.1 Å². The van der Waals surface area contributed by atoms with Crippen LogP contribution in [0.25, 0.3) is 0 Å².